The summed E-state index contributed by atoms with van der Waals surface area (Å²) in [7, 11) is 0. The number of aromatic nitrogens is 5. The van der Waals surface area contributed by atoms with Crippen LogP contribution in [0, 0.1) is 12.8 Å². The van der Waals surface area contributed by atoms with Gasteiger partial charge in [-0.1, -0.05) is 76.6 Å². The minimum absolute atomic E-state index is 0.202. The molecule has 0 radical (unpaired) electrons. The highest BCUT2D eigenvalue weighted by Crippen LogP contribution is 2.33. The van der Waals surface area contributed by atoms with E-state index in [0.29, 0.717) is 53.9 Å². The number of rotatable bonds is 11. The van der Waals surface area contributed by atoms with Crippen molar-refractivity contribution in [3.8, 4) is 17.3 Å². The molecule has 0 unspecified atom stereocenters. The van der Waals surface area contributed by atoms with Crippen LogP contribution in [-0.4, -0.2) is 37.4 Å². The van der Waals surface area contributed by atoms with Crippen molar-refractivity contribution in [1.82, 2.24) is 24.7 Å². The van der Waals surface area contributed by atoms with Crippen LogP contribution >= 0.6 is 0 Å². The zero-order chi connectivity index (χ0) is 35.3. The molecule has 11 heteroatoms. The lowest BCUT2D eigenvalue weighted by atomic mass is 9.92. The van der Waals surface area contributed by atoms with E-state index in [2.05, 4.69) is 65.5 Å². The van der Waals surface area contributed by atoms with E-state index in [1.165, 1.54) is 0 Å². The van der Waals surface area contributed by atoms with E-state index in [-0.39, 0.29) is 11.4 Å². The molecule has 0 atom stereocenters. The zero-order valence-electron chi connectivity index (χ0n) is 29.2. The fraction of sp³-hybridized carbons (Fsp3) is 0.256. The maximum absolute atomic E-state index is 13.4. The van der Waals surface area contributed by atoms with Crippen molar-refractivity contribution in [2.75, 3.05) is 22.6 Å². The highest BCUT2D eigenvalue weighted by Gasteiger charge is 2.22. The molecule has 0 bridgehead atoms. The number of nitrogens with one attached hydrogen (secondary N) is 3. The number of carbonyl (C=O) groups excluding carboxylic acids is 1. The monoisotopic (exact) mass is 670 g/mol. The van der Waals surface area contributed by atoms with Crippen LogP contribution in [0.25, 0.3) is 16.5 Å². The van der Waals surface area contributed by atoms with E-state index in [1.807, 2.05) is 85.8 Å². The second-order valence-corrected chi connectivity index (χ2v) is 13.6. The van der Waals surface area contributed by atoms with E-state index in [4.69, 9.17) is 14.6 Å². The normalized spacial score (nSPS) is 11.4. The van der Waals surface area contributed by atoms with Gasteiger partial charge in [0.25, 0.3) is 0 Å². The Morgan fingerprint density at radius 3 is 2.42 bits per heavy atom. The number of hydrogen-bond acceptors (Lipinski definition) is 8. The summed E-state index contributed by atoms with van der Waals surface area (Å²) in [5.74, 6) is 3.23. The third kappa shape index (κ3) is 8.35. The maximum Gasteiger partial charge on any atom is 0.324 e. The van der Waals surface area contributed by atoms with Gasteiger partial charge in [0.05, 0.1) is 36.1 Å². The molecule has 0 aliphatic carbocycles. The Morgan fingerprint density at radius 2 is 1.66 bits per heavy atom. The van der Waals surface area contributed by atoms with Crippen LogP contribution in [0.5, 0.6) is 11.6 Å². The lowest BCUT2D eigenvalue weighted by Crippen LogP contribution is -2.21. The van der Waals surface area contributed by atoms with Crippen molar-refractivity contribution in [1.29, 1.82) is 0 Å². The van der Waals surface area contributed by atoms with Gasteiger partial charge in [-0.25, -0.2) is 14.5 Å². The van der Waals surface area contributed by atoms with Crippen molar-refractivity contribution in [3.05, 3.63) is 114 Å². The Labute approximate surface area is 292 Å². The van der Waals surface area contributed by atoms with Crippen molar-refractivity contribution in [2.45, 2.75) is 53.6 Å². The summed E-state index contributed by atoms with van der Waals surface area (Å²) in [6.45, 7) is 13.3. The van der Waals surface area contributed by atoms with Gasteiger partial charge in [0.15, 0.2) is 5.82 Å². The minimum atomic E-state index is -0.379. The molecule has 6 aromatic rings. The largest absolute Gasteiger partial charge is 0.488 e. The number of benzene rings is 3. The van der Waals surface area contributed by atoms with Crippen molar-refractivity contribution < 1.29 is 14.3 Å². The van der Waals surface area contributed by atoms with Crippen LogP contribution < -0.4 is 25.4 Å². The molecule has 0 saturated carbocycles. The number of fused-ring (bicyclic) bond motifs is 1. The Balaban J connectivity index is 1.15. The van der Waals surface area contributed by atoms with Gasteiger partial charge in [0.1, 0.15) is 24.0 Å². The van der Waals surface area contributed by atoms with Gasteiger partial charge in [0, 0.05) is 28.5 Å². The highest BCUT2D eigenvalue weighted by molar-refractivity contribution is 6.07. The molecule has 50 heavy (non-hydrogen) atoms. The van der Waals surface area contributed by atoms with Gasteiger partial charge < -0.3 is 20.1 Å². The van der Waals surface area contributed by atoms with Gasteiger partial charge in [-0.2, -0.15) is 10.1 Å². The van der Waals surface area contributed by atoms with Crippen LogP contribution in [0.3, 0.4) is 0 Å². The molecule has 6 rings (SSSR count). The number of ether oxygens (including phenoxy) is 2. The number of urea groups is 1. The van der Waals surface area contributed by atoms with Gasteiger partial charge in [0.2, 0.25) is 5.88 Å². The Kier molecular flexibility index (Phi) is 9.94. The molecular weight excluding hydrogens is 628 g/mol. The summed E-state index contributed by atoms with van der Waals surface area (Å²) in [6, 6.07) is 24.9. The van der Waals surface area contributed by atoms with E-state index >= 15 is 0 Å². The van der Waals surface area contributed by atoms with Crippen molar-refractivity contribution >= 4 is 39.9 Å². The maximum atomic E-state index is 13.4. The van der Waals surface area contributed by atoms with E-state index in [0.717, 1.165) is 33.3 Å². The van der Waals surface area contributed by atoms with Crippen LogP contribution in [0.15, 0.2) is 97.5 Å². The summed E-state index contributed by atoms with van der Waals surface area (Å²) in [4.78, 5) is 26.6. The lowest BCUT2D eigenvalue weighted by Gasteiger charge is -2.15. The second-order valence-electron chi connectivity index (χ2n) is 13.6. The number of pyridine rings is 1. The SMILES string of the molecule is Cc1ccc(-n2nc(C(C)(C)C)cc2NC(=O)Nc2ccc(OCc3ccnc(Nc4cncc(OCC(C)C)n4)c3)c3ccccc23)cc1. The standard InChI is InChI=1S/C39H42N8O3/c1-25(2)23-50-37-22-40-21-35(44-37)43-34-19-27(17-18-41-34)24-49-32-16-15-31(29-9-7-8-10-30(29)32)42-38(48)45-36-20-33(39(4,5)6)46-47(36)28-13-11-26(3)12-14-28/h7-22,25H,23-24H2,1-6H3,(H,41,43,44)(H2,42,45,48). The van der Waals surface area contributed by atoms with Crippen molar-refractivity contribution in [2.24, 2.45) is 5.92 Å². The molecule has 0 saturated heterocycles. The van der Waals surface area contributed by atoms with Crippen LogP contribution in [-0.2, 0) is 12.0 Å². The third-order valence-electron chi connectivity index (χ3n) is 7.78. The first-order valence-corrected chi connectivity index (χ1v) is 16.6. The Hall–Kier alpha value is -5.97. The average Bonchev–Trinajstić information content (AvgIpc) is 3.52. The Bertz CT molecular complexity index is 2100. The molecule has 3 aromatic carbocycles. The third-order valence-corrected chi connectivity index (χ3v) is 7.78. The molecule has 0 spiro atoms. The minimum Gasteiger partial charge on any atom is -0.488 e. The van der Waals surface area contributed by atoms with Crippen LogP contribution in [0.1, 0.15) is 51.4 Å². The van der Waals surface area contributed by atoms with E-state index in [9.17, 15) is 4.79 Å². The van der Waals surface area contributed by atoms with Gasteiger partial charge in [-0.05, 0) is 54.8 Å². The smallest absolute Gasteiger partial charge is 0.324 e. The van der Waals surface area contributed by atoms with E-state index < -0.39 is 0 Å². The molecule has 0 aliphatic rings. The number of nitrogens with zero attached hydrogens (tertiary/aromatic N) is 5. The molecule has 256 valence electrons. The van der Waals surface area contributed by atoms with Gasteiger partial charge in [-0.3, -0.25) is 10.3 Å². The van der Waals surface area contributed by atoms with Crippen molar-refractivity contribution in [3.63, 3.8) is 0 Å². The molecular formula is C39H42N8O3. The lowest BCUT2D eigenvalue weighted by molar-refractivity contribution is 0.260. The molecule has 0 fully saturated rings. The summed E-state index contributed by atoms with van der Waals surface area (Å²) >= 11 is 0. The Morgan fingerprint density at radius 1 is 0.880 bits per heavy atom. The predicted molar refractivity (Wildman–Crippen MR) is 198 cm³/mol. The number of amides is 2. The second kappa shape index (κ2) is 14.7. The van der Waals surface area contributed by atoms with Crippen LogP contribution in [0.2, 0.25) is 0 Å². The summed E-state index contributed by atoms with van der Waals surface area (Å²) in [5, 5.41) is 15.8. The summed E-state index contributed by atoms with van der Waals surface area (Å²) in [5.41, 5.74) is 4.23. The predicted octanol–water partition coefficient (Wildman–Crippen LogP) is 8.82. The molecule has 0 aliphatic heterocycles. The zero-order valence-corrected chi connectivity index (χ0v) is 29.2. The fourth-order valence-electron chi connectivity index (χ4n) is 5.15. The summed E-state index contributed by atoms with van der Waals surface area (Å²) in [6.07, 6.45) is 4.93. The first kappa shape index (κ1) is 33.9. The molecule has 3 aromatic heterocycles. The number of carbonyl (C=O) groups is 1. The number of anilines is 4. The quantitative estimate of drug-likeness (QED) is 0.125. The number of aryl methyl sites for hydroxylation is 1. The molecule has 2 amide bonds. The van der Waals surface area contributed by atoms with Crippen LogP contribution in [0.4, 0.5) is 27.9 Å². The number of hydrogen-bond donors (Lipinski definition) is 3. The summed E-state index contributed by atoms with van der Waals surface area (Å²) < 4.78 is 13.8. The first-order chi connectivity index (χ1) is 24.0. The molecule has 3 N–H and O–H groups in total. The fourth-order valence-corrected chi connectivity index (χ4v) is 5.15. The molecule has 3 heterocycles. The highest BCUT2D eigenvalue weighted by atomic mass is 16.5. The van der Waals surface area contributed by atoms with Gasteiger partial charge in [-0.15, -0.1) is 0 Å². The molecule has 11 nitrogen and oxygen atoms in total. The topological polar surface area (TPSA) is 128 Å². The van der Waals surface area contributed by atoms with E-state index in [1.54, 1.807) is 23.3 Å². The average molecular weight is 671 g/mol. The van der Waals surface area contributed by atoms with Gasteiger partial charge >= 0.3 is 6.03 Å². The first-order valence-electron chi connectivity index (χ1n) is 16.6.